The van der Waals surface area contributed by atoms with Crippen LogP contribution in [0.2, 0.25) is 0 Å². The maximum absolute atomic E-state index is 12.3. The van der Waals surface area contributed by atoms with Gasteiger partial charge in [0.05, 0.1) is 12.5 Å². The van der Waals surface area contributed by atoms with Gasteiger partial charge in [-0.3, -0.25) is 14.5 Å². The molecule has 0 aromatic heterocycles. The Kier molecular flexibility index (Phi) is 5.02. The molecule has 0 aromatic carbocycles. The molecule has 20 heavy (non-hydrogen) atoms. The number of piperidine rings is 1. The van der Waals surface area contributed by atoms with Gasteiger partial charge in [0.2, 0.25) is 5.91 Å². The Labute approximate surface area is 120 Å². The predicted octanol–water partition coefficient (Wildman–Crippen LogP) is 1.43. The third-order valence-corrected chi connectivity index (χ3v) is 4.20. The van der Waals surface area contributed by atoms with Crippen LogP contribution in [0.4, 0.5) is 0 Å². The second kappa shape index (κ2) is 6.57. The zero-order valence-electron chi connectivity index (χ0n) is 12.5. The summed E-state index contributed by atoms with van der Waals surface area (Å²) >= 11 is 0. The Morgan fingerprint density at radius 1 is 1.20 bits per heavy atom. The van der Waals surface area contributed by atoms with E-state index in [9.17, 15) is 9.59 Å². The standard InChI is InChI=1S/C15H26N2O3/c1-11(2)9-17(13-3-4-13)10-14(18)16-7-5-12(6-8-16)15(19)20/h11-13H,3-10H2,1-2H3,(H,19,20). The maximum atomic E-state index is 12.3. The molecule has 0 radical (unpaired) electrons. The van der Waals surface area contributed by atoms with Gasteiger partial charge in [0.25, 0.3) is 0 Å². The van der Waals surface area contributed by atoms with Crippen molar-refractivity contribution >= 4 is 11.9 Å². The Hall–Kier alpha value is -1.10. The van der Waals surface area contributed by atoms with Crippen LogP contribution < -0.4 is 0 Å². The summed E-state index contributed by atoms with van der Waals surface area (Å²) in [5, 5.41) is 8.98. The van der Waals surface area contributed by atoms with Crippen molar-refractivity contribution in [2.45, 2.75) is 45.6 Å². The smallest absolute Gasteiger partial charge is 0.306 e. The Morgan fingerprint density at radius 2 is 1.80 bits per heavy atom. The fraction of sp³-hybridized carbons (Fsp3) is 0.867. The number of rotatable bonds is 6. The van der Waals surface area contributed by atoms with E-state index in [4.69, 9.17) is 5.11 Å². The first-order valence-electron chi connectivity index (χ1n) is 7.72. The topological polar surface area (TPSA) is 60.9 Å². The summed E-state index contributed by atoms with van der Waals surface area (Å²) in [4.78, 5) is 27.4. The van der Waals surface area contributed by atoms with Crippen molar-refractivity contribution < 1.29 is 14.7 Å². The van der Waals surface area contributed by atoms with Crippen molar-refractivity contribution in [1.82, 2.24) is 9.80 Å². The summed E-state index contributed by atoms with van der Waals surface area (Å²) in [6, 6.07) is 0.595. The molecule has 5 heteroatoms. The second-order valence-corrected chi connectivity index (χ2v) is 6.55. The lowest BCUT2D eigenvalue weighted by Gasteiger charge is -2.32. The van der Waals surface area contributed by atoms with E-state index in [2.05, 4.69) is 18.7 Å². The van der Waals surface area contributed by atoms with Crippen LogP contribution in [-0.2, 0) is 9.59 Å². The number of aliphatic carboxylic acids is 1. The SMILES string of the molecule is CC(C)CN(CC(=O)N1CCC(C(=O)O)CC1)C1CC1. The number of likely N-dealkylation sites (tertiary alicyclic amines) is 1. The number of hydrogen-bond acceptors (Lipinski definition) is 3. The molecule has 0 aromatic rings. The Bertz CT molecular complexity index is 358. The lowest BCUT2D eigenvalue weighted by molar-refractivity contribution is -0.146. The first kappa shape index (κ1) is 15.3. The van der Waals surface area contributed by atoms with Gasteiger partial charge in [-0.15, -0.1) is 0 Å². The molecule has 1 N–H and O–H groups in total. The van der Waals surface area contributed by atoms with Crippen molar-refractivity contribution in [3.63, 3.8) is 0 Å². The van der Waals surface area contributed by atoms with Gasteiger partial charge in [-0.1, -0.05) is 13.8 Å². The van der Waals surface area contributed by atoms with Crippen molar-refractivity contribution in [3.8, 4) is 0 Å². The average molecular weight is 282 g/mol. The van der Waals surface area contributed by atoms with E-state index in [1.807, 2.05) is 4.90 Å². The Morgan fingerprint density at radius 3 is 2.25 bits per heavy atom. The van der Waals surface area contributed by atoms with E-state index in [-0.39, 0.29) is 11.8 Å². The van der Waals surface area contributed by atoms with Crippen molar-refractivity contribution in [3.05, 3.63) is 0 Å². The van der Waals surface area contributed by atoms with Crippen molar-refractivity contribution in [2.24, 2.45) is 11.8 Å². The highest BCUT2D eigenvalue weighted by molar-refractivity contribution is 5.79. The summed E-state index contributed by atoms with van der Waals surface area (Å²) < 4.78 is 0. The van der Waals surface area contributed by atoms with Crippen LogP contribution in [0.15, 0.2) is 0 Å². The van der Waals surface area contributed by atoms with Gasteiger partial charge in [0.1, 0.15) is 0 Å². The van der Waals surface area contributed by atoms with E-state index in [0.29, 0.717) is 44.4 Å². The molecule has 0 bridgehead atoms. The summed E-state index contributed by atoms with van der Waals surface area (Å²) in [5.41, 5.74) is 0. The quantitative estimate of drug-likeness (QED) is 0.800. The molecule has 0 unspecified atom stereocenters. The average Bonchev–Trinajstić information content (AvgIpc) is 3.21. The van der Waals surface area contributed by atoms with Crippen LogP contribution in [0.5, 0.6) is 0 Å². The molecule has 1 amide bonds. The van der Waals surface area contributed by atoms with Gasteiger partial charge in [-0.25, -0.2) is 0 Å². The van der Waals surface area contributed by atoms with Crippen LogP contribution in [0.1, 0.15) is 39.5 Å². The first-order valence-corrected chi connectivity index (χ1v) is 7.72. The molecule has 1 aliphatic heterocycles. The number of carbonyl (C=O) groups excluding carboxylic acids is 1. The molecule has 114 valence electrons. The van der Waals surface area contributed by atoms with Crippen LogP contribution in [-0.4, -0.2) is 59.0 Å². The number of carboxylic acids is 1. The third kappa shape index (κ3) is 4.20. The highest BCUT2D eigenvalue weighted by atomic mass is 16.4. The fourth-order valence-corrected chi connectivity index (χ4v) is 2.90. The Balaban J connectivity index is 1.80. The van der Waals surface area contributed by atoms with Crippen LogP contribution in [0.3, 0.4) is 0 Å². The molecule has 1 heterocycles. The number of hydrogen-bond donors (Lipinski definition) is 1. The zero-order valence-corrected chi connectivity index (χ0v) is 12.5. The third-order valence-electron chi connectivity index (χ3n) is 4.20. The summed E-state index contributed by atoms with van der Waals surface area (Å²) in [6.45, 7) is 7.02. The van der Waals surface area contributed by atoms with E-state index >= 15 is 0 Å². The lowest BCUT2D eigenvalue weighted by atomic mass is 9.97. The molecular weight excluding hydrogens is 256 g/mol. The fourth-order valence-electron chi connectivity index (χ4n) is 2.90. The van der Waals surface area contributed by atoms with Crippen molar-refractivity contribution in [1.29, 1.82) is 0 Å². The molecule has 2 fully saturated rings. The highest BCUT2D eigenvalue weighted by Gasteiger charge is 2.33. The minimum atomic E-state index is -0.725. The van der Waals surface area contributed by atoms with Gasteiger partial charge in [0.15, 0.2) is 0 Å². The molecule has 2 aliphatic rings. The van der Waals surface area contributed by atoms with Gasteiger partial charge >= 0.3 is 5.97 Å². The first-order chi connectivity index (χ1) is 9.47. The molecule has 0 spiro atoms. The van der Waals surface area contributed by atoms with Gasteiger partial charge in [-0.2, -0.15) is 0 Å². The molecule has 0 atom stereocenters. The van der Waals surface area contributed by atoms with E-state index in [0.717, 1.165) is 6.54 Å². The number of nitrogens with zero attached hydrogens (tertiary/aromatic N) is 2. The maximum Gasteiger partial charge on any atom is 0.306 e. The number of amides is 1. The number of carbonyl (C=O) groups is 2. The van der Waals surface area contributed by atoms with Gasteiger partial charge in [0, 0.05) is 25.7 Å². The summed E-state index contributed by atoms with van der Waals surface area (Å²) in [5.74, 6) is -0.256. The van der Waals surface area contributed by atoms with Crippen LogP contribution in [0, 0.1) is 11.8 Å². The van der Waals surface area contributed by atoms with Gasteiger partial charge < -0.3 is 10.0 Å². The molecule has 1 saturated carbocycles. The largest absolute Gasteiger partial charge is 0.481 e. The normalized spacial score (nSPS) is 20.7. The lowest BCUT2D eigenvalue weighted by Crippen LogP contribution is -2.46. The summed E-state index contributed by atoms with van der Waals surface area (Å²) in [7, 11) is 0. The molecule has 5 nitrogen and oxygen atoms in total. The highest BCUT2D eigenvalue weighted by Crippen LogP contribution is 2.27. The molecule has 2 rings (SSSR count). The van der Waals surface area contributed by atoms with E-state index < -0.39 is 5.97 Å². The van der Waals surface area contributed by atoms with E-state index in [1.54, 1.807) is 0 Å². The minimum absolute atomic E-state index is 0.168. The van der Waals surface area contributed by atoms with E-state index in [1.165, 1.54) is 12.8 Å². The molecular formula is C15H26N2O3. The van der Waals surface area contributed by atoms with Crippen LogP contribution in [0.25, 0.3) is 0 Å². The second-order valence-electron chi connectivity index (χ2n) is 6.55. The minimum Gasteiger partial charge on any atom is -0.481 e. The van der Waals surface area contributed by atoms with Gasteiger partial charge in [-0.05, 0) is 31.6 Å². The molecule has 1 saturated heterocycles. The monoisotopic (exact) mass is 282 g/mol. The van der Waals surface area contributed by atoms with Crippen LogP contribution >= 0.6 is 0 Å². The zero-order chi connectivity index (χ0) is 14.7. The number of carboxylic acid groups (broad SMARTS) is 1. The van der Waals surface area contributed by atoms with Crippen molar-refractivity contribution in [2.75, 3.05) is 26.2 Å². The summed E-state index contributed by atoms with van der Waals surface area (Å²) in [6.07, 6.45) is 3.60. The molecule has 1 aliphatic carbocycles. The predicted molar refractivity (Wildman–Crippen MR) is 76.4 cm³/mol.